The van der Waals surface area contributed by atoms with Gasteiger partial charge in [0.2, 0.25) is 0 Å². The van der Waals surface area contributed by atoms with Crippen LogP contribution in [0.2, 0.25) is 0 Å². The van der Waals surface area contributed by atoms with Crippen molar-refractivity contribution in [2.45, 2.75) is 13.0 Å². The van der Waals surface area contributed by atoms with E-state index >= 15 is 0 Å². The van der Waals surface area contributed by atoms with Gasteiger partial charge in [-0.15, -0.1) is 0 Å². The third-order valence-electron chi connectivity index (χ3n) is 2.82. The molecule has 1 unspecified atom stereocenters. The van der Waals surface area contributed by atoms with Crippen LogP contribution in [0, 0.1) is 0 Å². The molecule has 76 valence electrons. The molecule has 0 spiro atoms. The number of aromatic amines is 1. The van der Waals surface area contributed by atoms with Crippen molar-refractivity contribution < 1.29 is 4.79 Å². The highest BCUT2D eigenvalue weighted by molar-refractivity contribution is 5.77. The van der Waals surface area contributed by atoms with Crippen LogP contribution in [0.15, 0.2) is 18.5 Å². The van der Waals surface area contributed by atoms with Crippen LogP contribution in [0.3, 0.4) is 0 Å². The second kappa shape index (κ2) is 3.36. The summed E-state index contributed by atoms with van der Waals surface area (Å²) in [6, 6.07) is 2.35. The van der Waals surface area contributed by atoms with E-state index in [0.717, 1.165) is 13.1 Å². The molecule has 0 saturated carbocycles. The van der Waals surface area contributed by atoms with Gasteiger partial charge in [-0.25, -0.2) is 4.79 Å². The van der Waals surface area contributed by atoms with Crippen molar-refractivity contribution in [3.63, 3.8) is 0 Å². The second-order valence-corrected chi connectivity index (χ2v) is 3.59. The Kier molecular flexibility index (Phi) is 2.19. The molecular weight excluding hydrogens is 178 g/mol. The summed E-state index contributed by atoms with van der Waals surface area (Å²) in [5, 5.41) is 0. The van der Waals surface area contributed by atoms with Gasteiger partial charge in [-0.1, -0.05) is 0 Å². The SMILES string of the molecule is CCN1CC(c2cc[nH]c2)N(C)C1=O. The first kappa shape index (κ1) is 9.12. The predicted molar refractivity (Wildman–Crippen MR) is 53.9 cm³/mol. The van der Waals surface area contributed by atoms with Crippen LogP contribution in [-0.4, -0.2) is 41.0 Å². The smallest absolute Gasteiger partial charge is 0.320 e. The van der Waals surface area contributed by atoms with Gasteiger partial charge in [-0.2, -0.15) is 0 Å². The molecular formula is C10H15N3O. The molecule has 2 amide bonds. The quantitative estimate of drug-likeness (QED) is 0.758. The fraction of sp³-hybridized carbons (Fsp3) is 0.500. The Hall–Kier alpha value is -1.45. The molecule has 14 heavy (non-hydrogen) atoms. The van der Waals surface area contributed by atoms with Gasteiger partial charge in [-0.3, -0.25) is 0 Å². The summed E-state index contributed by atoms with van der Waals surface area (Å²) in [6.07, 6.45) is 3.84. The van der Waals surface area contributed by atoms with E-state index in [1.54, 1.807) is 4.90 Å². The van der Waals surface area contributed by atoms with Crippen LogP contribution in [0.4, 0.5) is 4.79 Å². The molecule has 1 aromatic rings. The zero-order chi connectivity index (χ0) is 10.1. The van der Waals surface area contributed by atoms with Crippen LogP contribution in [-0.2, 0) is 0 Å². The minimum atomic E-state index is 0.124. The van der Waals surface area contributed by atoms with E-state index in [1.165, 1.54) is 5.56 Å². The molecule has 1 fully saturated rings. The summed E-state index contributed by atoms with van der Waals surface area (Å²) in [5.74, 6) is 0. The lowest BCUT2D eigenvalue weighted by Crippen LogP contribution is -2.29. The summed E-state index contributed by atoms with van der Waals surface area (Å²) in [6.45, 7) is 3.58. The van der Waals surface area contributed by atoms with Crippen molar-refractivity contribution in [1.82, 2.24) is 14.8 Å². The minimum Gasteiger partial charge on any atom is -0.367 e. The predicted octanol–water partition coefficient (Wildman–Crippen LogP) is 1.44. The van der Waals surface area contributed by atoms with Gasteiger partial charge in [0.05, 0.1) is 6.04 Å². The molecule has 0 aromatic carbocycles. The highest BCUT2D eigenvalue weighted by Crippen LogP contribution is 2.27. The number of carbonyl (C=O) groups is 1. The lowest BCUT2D eigenvalue weighted by Gasteiger charge is -2.16. The van der Waals surface area contributed by atoms with Crippen LogP contribution in [0.5, 0.6) is 0 Å². The number of hydrogen-bond donors (Lipinski definition) is 1. The maximum absolute atomic E-state index is 11.7. The number of hydrogen-bond acceptors (Lipinski definition) is 1. The lowest BCUT2D eigenvalue weighted by atomic mass is 10.1. The zero-order valence-electron chi connectivity index (χ0n) is 8.53. The zero-order valence-corrected chi connectivity index (χ0v) is 8.53. The molecule has 4 nitrogen and oxygen atoms in total. The molecule has 0 bridgehead atoms. The Morgan fingerprint density at radius 1 is 1.64 bits per heavy atom. The Morgan fingerprint density at radius 2 is 2.43 bits per heavy atom. The molecule has 1 aliphatic rings. The van der Waals surface area contributed by atoms with Gasteiger partial charge in [0, 0.05) is 32.5 Å². The molecule has 4 heteroatoms. The standard InChI is InChI=1S/C10H15N3O/c1-3-13-7-9(12(2)10(13)14)8-4-5-11-6-8/h4-6,9,11H,3,7H2,1-2H3. The van der Waals surface area contributed by atoms with Crippen LogP contribution in [0.25, 0.3) is 0 Å². The van der Waals surface area contributed by atoms with Gasteiger partial charge >= 0.3 is 6.03 Å². The normalized spacial score (nSPS) is 22.1. The number of rotatable bonds is 2. The fourth-order valence-corrected chi connectivity index (χ4v) is 1.90. The Bertz CT molecular complexity index is 320. The van der Waals surface area contributed by atoms with E-state index < -0.39 is 0 Å². The molecule has 2 heterocycles. The van der Waals surface area contributed by atoms with Gasteiger partial charge in [-0.05, 0) is 18.6 Å². The Morgan fingerprint density at radius 3 is 2.93 bits per heavy atom. The molecule has 1 N–H and O–H groups in total. The summed E-state index contributed by atoms with van der Waals surface area (Å²) in [5.41, 5.74) is 1.18. The fourth-order valence-electron chi connectivity index (χ4n) is 1.90. The van der Waals surface area contributed by atoms with Crippen molar-refractivity contribution in [3.05, 3.63) is 24.0 Å². The van der Waals surface area contributed by atoms with E-state index in [2.05, 4.69) is 4.98 Å². The summed E-state index contributed by atoms with van der Waals surface area (Å²) < 4.78 is 0. The lowest BCUT2D eigenvalue weighted by molar-refractivity contribution is 0.197. The van der Waals surface area contributed by atoms with Crippen LogP contribution < -0.4 is 0 Å². The highest BCUT2D eigenvalue weighted by Gasteiger charge is 2.34. The molecule has 1 atom stereocenters. The summed E-state index contributed by atoms with van der Waals surface area (Å²) in [4.78, 5) is 18.4. The number of nitrogens with one attached hydrogen (secondary N) is 1. The van der Waals surface area contributed by atoms with E-state index in [9.17, 15) is 4.79 Å². The summed E-state index contributed by atoms with van der Waals surface area (Å²) >= 11 is 0. The van der Waals surface area contributed by atoms with E-state index in [1.807, 2.05) is 37.3 Å². The average molecular weight is 193 g/mol. The number of likely N-dealkylation sites (N-methyl/N-ethyl adjacent to an activating group) is 2. The summed E-state index contributed by atoms with van der Waals surface area (Å²) in [7, 11) is 1.86. The molecule has 2 rings (SSSR count). The topological polar surface area (TPSA) is 39.3 Å². The van der Waals surface area contributed by atoms with E-state index in [-0.39, 0.29) is 12.1 Å². The first-order chi connectivity index (χ1) is 6.74. The van der Waals surface area contributed by atoms with Crippen molar-refractivity contribution in [1.29, 1.82) is 0 Å². The minimum absolute atomic E-state index is 0.124. The molecule has 1 saturated heterocycles. The molecule has 1 aliphatic heterocycles. The van der Waals surface area contributed by atoms with Gasteiger partial charge in [0.15, 0.2) is 0 Å². The molecule has 0 radical (unpaired) electrons. The highest BCUT2D eigenvalue weighted by atomic mass is 16.2. The first-order valence-electron chi connectivity index (χ1n) is 4.88. The number of nitrogens with zero attached hydrogens (tertiary/aromatic N) is 2. The maximum Gasteiger partial charge on any atom is 0.320 e. The van der Waals surface area contributed by atoms with Gasteiger partial charge in [0.1, 0.15) is 0 Å². The van der Waals surface area contributed by atoms with Crippen molar-refractivity contribution in [2.75, 3.05) is 20.1 Å². The number of amides is 2. The molecule has 0 aliphatic carbocycles. The van der Waals surface area contributed by atoms with Crippen molar-refractivity contribution in [3.8, 4) is 0 Å². The number of aromatic nitrogens is 1. The van der Waals surface area contributed by atoms with Gasteiger partial charge < -0.3 is 14.8 Å². The first-order valence-corrected chi connectivity index (χ1v) is 4.88. The van der Waals surface area contributed by atoms with Crippen LogP contribution >= 0.6 is 0 Å². The third kappa shape index (κ3) is 1.27. The van der Waals surface area contributed by atoms with Crippen LogP contribution in [0.1, 0.15) is 18.5 Å². The average Bonchev–Trinajstić information content (AvgIpc) is 2.78. The molecule has 1 aromatic heterocycles. The monoisotopic (exact) mass is 193 g/mol. The van der Waals surface area contributed by atoms with Crippen molar-refractivity contribution in [2.24, 2.45) is 0 Å². The van der Waals surface area contributed by atoms with E-state index in [0.29, 0.717) is 0 Å². The Labute approximate surface area is 83.5 Å². The number of urea groups is 1. The van der Waals surface area contributed by atoms with Gasteiger partial charge in [0.25, 0.3) is 0 Å². The maximum atomic E-state index is 11.7. The second-order valence-electron chi connectivity index (χ2n) is 3.59. The number of carbonyl (C=O) groups excluding carboxylic acids is 1. The Balaban J connectivity index is 2.20. The largest absolute Gasteiger partial charge is 0.367 e. The van der Waals surface area contributed by atoms with Crippen molar-refractivity contribution >= 4 is 6.03 Å². The van der Waals surface area contributed by atoms with E-state index in [4.69, 9.17) is 0 Å². The number of H-pyrrole nitrogens is 1. The third-order valence-corrected chi connectivity index (χ3v) is 2.82.